The fourth-order valence-corrected chi connectivity index (χ4v) is 2.86. The predicted octanol–water partition coefficient (Wildman–Crippen LogP) is 5.03. The number of halogens is 3. The van der Waals surface area contributed by atoms with Crippen LogP contribution in [0.4, 0.5) is 4.39 Å². The Morgan fingerprint density at radius 2 is 2.05 bits per heavy atom. The highest BCUT2D eigenvalue weighted by Gasteiger charge is 2.18. The second-order valence-electron chi connectivity index (χ2n) is 4.83. The molecule has 20 heavy (non-hydrogen) atoms. The molecule has 0 amide bonds. The van der Waals surface area contributed by atoms with E-state index >= 15 is 0 Å². The van der Waals surface area contributed by atoms with E-state index in [4.69, 9.17) is 23.2 Å². The van der Waals surface area contributed by atoms with Crippen molar-refractivity contribution in [3.63, 3.8) is 0 Å². The van der Waals surface area contributed by atoms with E-state index in [1.165, 1.54) is 6.07 Å². The second kappa shape index (κ2) is 6.15. The zero-order valence-corrected chi connectivity index (χ0v) is 13.3. The van der Waals surface area contributed by atoms with Crippen LogP contribution in [-0.4, -0.2) is 9.78 Å². The normalized spacial score (nSPS) is 12.7. The average molecular weight is 315 g/mol. The van der Waals surface area contributed by atoms with E-state index in [1.54, 1.807) is 12.1 Å². The fourth-order valence-electron chi connectivity index (χ4n) is 2.35. The van der Waals surface area contributed by atoms with Gasteiger partial charge < -0.3 is 0 Å². The Morgan fingerprint density at radius 3 is 2.70 bits per heavy atom. The van der Waals surface area contributed by atoms with Gasteiger partial charge in [0.05, 0.1) is 22.6 Å². The molecule has 108 valence electrons. The largest absolute Gasteiger partial charge is 0.265 e. The molecule has 1 atom stereocenters. The van der Waals surface area contributed by atoms with Crippen LogP contribution in [0.15, 0.2) is 18.2 Å². The number of hydrogen-bond acceptors (Lipinski definition) is 1. The van der Waals surface area contributed by atoms with Crippen molar-refractivity contribution in [3.05, 3.63) is 51.6 Å². The van der Waals surface area contributed by atoms with Crippen molar-refractivity contribution in [2.75, 3.05) is 0 Å². The van der Waals surface area contributed by atoms with Crippen molar-refractivity contribution in [2.24, 2.45) is 0 Å². The lowest BCUT2D eigenvalue weighted by Crippen LogP contribution is -2.05. The Bertz CT molecular complexity index is 623. The van der Waals surface area contributed by atoms with Crippen molar-refractivity contribution in [2.45, 2.75) is 39.1 Å². The molecule has 5 heteroatoms. The van der Waals surface area contributed by atoms with Crippen molar-refractivity contribution in [3.8, 4) is 0 Å². The summed E-state index contributed by atoms with van der Waals surface area (Å²) in [5, 5.41) is 4.60. The summed E-state index contributed by atoms with van der Waals surface area (Å²) in [5.74, 6) is -0.408. The molecule has 0 radical (unpaired) electrons. The number of nitrogens with zero attached hydrogens (tertiary/aromatic N) is 2. The summed E-state index contributed by atoms with van der Waals surface area (Å²) in [5.41, 5.74) is 3.69. The fraction of sp³-hybridized carbons (Fsp3) is 0.400. The van der Waals surface area contributed by atoms with Gasteiger partial charge >= 0.3 is 0 Å². The quantitative estimate of drug-likeness (QED) is 0.724. The average Bonchev–Trinajstić information content (AvgIpc) is 2.69. The second-order valence-corrected chi connectivity index (χ2v) is 5.74. The smallest absolute Gasteiger partial charge is 0.142 e. The number of benzene rings is 1. The first-order chi connectivity index (χ1) is 9.45. The highest BCUT2D eigenvalue weighted by atomic mass is 35.5. The van der Waals surface area contributed by atoms with Crippen LogP contribution in [0.5, 0.6) is 0 Å². The Labute approximate surface area is 128 Å². The van der Waals surface area contributed by atoms with Crippen LogP contribution < -0.4 is 0 Å². The molecule has 2 rings (SSSR count). The summed E-state index contributed by atoms with van der Waals surface area (Å²) in [6.07, 6.45) is 0.843. The zero-order chi connectivity index (χ0) is 14.9. The van der Waals surface area contributed by atoms with Gasteiger partial charge in [-0.15, -0.1) is 11.6 Å². The standard InChI is InChI=1S/C15H17Cl2FN2/c1-4-12(16)14-9(2)19-20(10(14)3)8-11-6-5-7-13(18)15(11)17/h5-7,12H,4,8H2,1-3H3. The van der Waals surface area contributed by atoms with Gasteiger partial charge in [0.15, 0.2) is 0 Å². The molecule has 2 nitrogen and oxygen atoms in total. The highest BCUT2D eigenvalue weighted by Crippen LogP contribution is 2.30. The maximum absolute atomic E-state index is 13.5. The zero-order valence-electron chi connectivity index (χ0n) is 11.8. The van der Waals surface area contributed by atoms with E-state index in [0.29, 0.717) is 12.1 Å². The molecule has 0 N–H and O–H groups in total. The van der Waals surface area contributed by atoms with Crippen LogP contribution in [0.2, 0.25) is 5.02 Å². The van der Waals surface area contributed by atoms with E-state index < -0.39 is 5.82 Å². The molecular weight excluding hydrogens is 298 g/mol. The Balaban J connectivity index is 2.38. The topological polar surface area (TPSA) is 17.8 Å². The van der Waals surface area contributed by atoms with Crippen LogP contribution in [0.25, 0.3) is 0 Å². The number of aromatic nitrogens is 2. The number of alkyl halides is 1. The van der Waals surface area contributed by atoms with Gasteiger partial charge in [-0.25, -0.2) is 4.39 Å². The molecular formula is C15H17Cl2FN2. The molecule has 0 saturated heterocycles. The minimum atomic E-state index is -0.408. The van der Waals surface area contributed by atoms with Gasteiger partial charge in [0.2, 0.25) is 0 Å². The van der Waals surface area contributed by atoms with Crippen LogP contribution in [0, 0.1) is 19.7 Å². The summed E-state index contributed by atoms with van der Waals surface area (Å²) < 4.78 is 15.3. The molecule has 0 saturated carbocycles. The van der Waals surface area contributed by atoms with Gasteiger partial charge in [0, 0.05) is 11.3 Å². The van der Waals surface area contributed by atoms with Crippen LogP contribution >= 0.6 is 23.2 Å². The van der Waals surface area contributed by atoms with Crippen LogP contribution in [0.1, 0.15) is 41.2 Å². The van der Waals surface area contributed by atoms with Crippen molar-refractivity contribution in [1.82, 2.24) is 9.78 Å². The van der Waals surface area contributed by atoms with E-state index in [0.717, 1.165) is 23.4 Å². The lowest BCUT2D eigenvalue weighted by molar-refractivity contribution is 0.616. The summed E-state index contributed by atoms with van der Waals surface area (Å²) in [4.78, 5) is 0. The van der Waals surface area contributed by atoms with Gasteiger partial charge in [0.25, 0.3) is 0 Å². The van der Waals surface area contributed by atoms with E-state index in [1.807, 2.05) is 25.5 Å². The van der Waals surface area contributed by atoms with E-state index in [9.17, 15) is 4.39 Å². The van der Waals surface area contributed by atoms with Gasteiger partial charge in [-0.1, -0.05) is 30.7 Å². The molecule has 0 aliphatic rings. The molecule has 0 aliphatic heterocycles. The summed E-state index contributed by atoms with van der Waals surface area (Å²) in [6.45, 7) is 6.40. The number of aryl methyl sites for hydroxylation is 1. The first kappa shape index (κ1) is 15.3. The van der Waals surface area contributed by atoms with Crippen molar-refractivity contribution < 1.29 is 4.39 Å². The van der Waals surface area contributed by atoms with E-state index in [2.05, 4.69) is 5.10 Å². The minimum Gasteiger partial charge on any atom is -0.265 e. The molecule has 1 unspecified atom stereocenters. The molecule has 0 spiro atoms. The monoisotopic (exact) mass is 314 g/mol. The number of rotatable bonds is 4. The maximum Gasteiger partial charge on any atom is 0.142 e. The van der Waals surface area contributed by atoms with Gasteiger partial charge in [-0.05, 0) is 31.9 Å². The molecule has 0 bridgehead atoms. The third-order valence-electron chi connectivity index (χ3n) is 3.46. The Kier molecular flexibility index (Phi) is 4.71. The SMILES string of the molecule is CCC(Cl)c1c(C)nn(Cc2cccc(F)c2Cl)c1C. The Hall–Kier alpha value is -1.06. The van der Waals surface area contributed by atoms with Gasteiger partial charge in [0.1, 0.15) is 5.82 Å². The lowest BCUT2D eigenvalue weighted by atomic mass is 10.1. The first-order valence-corrected chi connectivity index (χ1v) is 7.38. The lowest BCUT2D eigenvalue weighted by Gasteiger charge is -2.09. The molecule has 0 aliphatic carbocycles. The maximum atomic E-state index is 13.5. The first-order valence-electron chi connectivity index (χ1n) is 6.56. The van der Waals surface area contributed by atoms with Crippen molar-refractivity contribution >= 4 is 23.2 Å². The minimum absolute atomic E-state index is 0.0493. The third-order valence-corrected chi connectivity index (χ3v) is 4.41. The van der Waals surface area contributed by atoms with Crippen LogP contribution in [0.3, 0.4) is 0 Å². The molecule has 0 fully saturated rings. The molecule has 1 aromatic carbocycles. The molecule has 1 aromatic heterocycles. The summed E-state index contributed by atoms with van der Waals surface area (Å²) in [6, 6.07) is 4.81. The predicted molar refractivity (Wildman–Crippen MR) is 81.1 cm³/mol. The number of hydrogen-bond donors (Lipinski definition) is 0. The highest BCUT2D eigenvalue weighted by molar-refractivity contribution is 6.31. The summed E-state index contributed by atoms with van der Waals surface area (Å²) >= 11 is 12.3. The third kappa shape index (κ3) is 2.84. The Morgan fingerprint density at radius 1 is 1.35 bits per heavy atom. The summed E-state index contributed by atoms with van der Waals surface area (Å²) in [7, 11) is 0. The van der Waals surface area contributed by atoms with Crippen molar-refractivity contribution in [1.29, 1.82) is 0 Å². The van der Waals surface area contributed by atoms with Gasteiger partial charge in [-0.3, -0.25) is 4.68 Å². The van der Waals surface area contributed by atoms with Crippen LogP contribution in [-0.2, 0) is 6.54 Å². The molecule has 2 aromatic rings. The van der Waals surface area contributed by atoms with E-state index in [-0.39, 0.29) is 10.4 Å². The van der Waals surface area contributed by atoms with Gasteiger partial charge in [-0.2, -0.15) is 5.10 Å². The molecule has 1 heterocycles.